The van der Waals surface area contributed by atoms with Gasteiger partial charge in [-0.25, -0.2) is 26.8 Å². The minimum Gasteiger partial charge on any atom is -0.386 e. The van der Waals surface area contributed by atoms with Crippen molar-refractivity contribution < 1.29 is 36.5 Å². The number of nitrogen functional groups attached to an aromatic ring is 2. The molecule has 4 aliphatic heterocycles. The van der Waals surface area contributed by atoms with Gasteiger partial charge in [-0.15, -0.1) is 0 Å². The number of aliphatic hydroxyl groups is 2. The number of anilines is 4. The lowest BCUT2D eigenvalue weighted by atomic mass is 9.98. The average Bonchev–Trinajstić information content (AvgIpc) is 3.30. The molecule has 4 saturated heterocycles. The Labute approximate surface area is 402 Å². The molecule has 0 saturated carbocycles. The van der Waals surface area contributed by atoms with Crippen molar-refractivity contribution in [2.75, 3.05) is 113 Å². The van der Waals surface area contributed by atoms with Crippen LogP contribution in [0.3, 0.4) is 0 Å². The maximum Gasteiger partial charge on any atom is 0.244 e. The second kappa shape index (κ2) is 21.3. The Morgan fingerprint density at radius 2 is 0.941 bits per heavy atom. The van der Waals surface area contributed by atoms with Gasteiger partial charge < -0.3 is 41.0 Å². The third-order valence-electron chi connectivity index (χ3n) is 13.4. The number of sulfonamides is 2. The number of piperazine rings is 2. The van der Waals surface area contributed by atoms with Gasteiger partial charge in [-0.3, -0.25) is 9.80 Å². The van der Waals surface area contributed by atoms with Gasteiger partial charge in [0.25, 0.3) is 0 Å². The van der Waals surface area contributed by atoms with Crippen LogP contribution in [0.1, 0.15) is 52.7 Å². The monoisotopic (exact) mass is 978 g/mol. The molecule has 20 heteroatoms. The van der Waals surface area contributed by atoms with Crippen molar-refractivity contribution in [3.63, 3.8) is 0 Å². The van der Waals surface area contributed by atoms with E-state index in [9.17, 15) is 27.0 Å². The fraction of sp³-hybridized carbons (Fsp3) is 0.542. The Kier molecular flexibility index (Phi) is 16.1. The zero-order chi connectivity index (χ0) is 49.0. The molecule has 4 atom stereocenters. The van der Waals surface area contributed by atoms with Crippen LogP contribution < -0.4 is 21.3 Å². The van der Waals surface area contributed by atoms with Crippen LogP contribution in [-0.2, 0) is 40.7 Å². The van der Waals surface area contributed by atoms with Gasteiger partial charge in [-0.1, -0.05) is 24.3 Å². The van der Waals surface area contributed by atoms with E-state index in [-0.39, 0.29) is 45.6 Å². The zero-order valence-electron chi connectivity index (χ0n) is 40.2. The van der Waals surface area contributed by atoms with Crippen molar-refractivity contribution in [3.8, 4) is 0 Å². The second-order valence-electron chi connectivity index (χ2n) is 19.3. The van der Waals surface area contributed by atoms with Crippen LogP contribution >= 0.6 is 0 Å². The molecule has 0 aliphatic carbocycles. The number of hydrogen-bond acceptors (Lipinski definition) is 16. The summed E-state index contributed by atoms with van der Waals surface area (Å²) in [6, 6.07) is 22.3. The first-order chi connectivity index (χ1) is 32.1. The SMILES string of the molecule is C[C@H]1COCCN1C[C@H]1CN(S(=O)(=O)c2ccc(N)nc2)CCN1c1ccc(C(C)(C)O)cc1.C[C@H]1COCCN1C[C@H]1CN(S(=O)(=O)c2ccc(N)nc2)CCN1c1ccc(C(C)(C)O)cc1. The molecule has 2 aromatic heterocycles. The number of hydrogen-bond donors (Lipinski definition) is 4. The van der Waals surface area contributed by atoms with Crippen molar-refractivity contribution >= 4 is 43.1 Å². The molecule has 6 heterocycles. The molecule has 0 radical (unpaired) electrons. The van der Waals surface area contributed by atoms with E-state index in [1.807, 2.05) is 48.5 Å². The quantitative estimate of drug-likeness (QED) is 0.160. The molecule has 2 aromatic carbocycles. The van der Waals surface area contributed by atoms with E-state index in [0.29, 0.717) is 65.7 Å². The highest BCUT2D eigenvalue weighted by atomic mass is 32.2. The van der Waals surface area contributed by atoms with Gasteiger partial charge in [0, 0.05) is 101 Å². The van der Waals surface area contributed by atoms with E-state index in [2.05, 4.69) is 43.4 Å². The predicted molar refractivity (Wildman–Crippen MR) is 264 cm³/mol. The van der Waals surface area contributed by atoms with Gasteiger partial charge >= 0.3 is 0 Å². The standard InChI is InChI=1S/2C24H35N5O4S/c2*1-18-17-33-13-12-27(18)15-21-16-28(34(31,32)22-8-9-23(25)26-14-22)10-11-29(21)20-6-4-19(5-7-20)24(2,3)30/h2*4-9,14,18,21,30H,10-13,15-17H2,1-3H3,(H2,25,26)/t2*18-,21-/m00/s1. The molecule has 0 amide bonds. The summed E-state index contributed by atoms with van der Waals surface area (Å²) in [5.74, 6) is 0.579. The topological polar surface area (TPSA) is 224 Å². The van der Waals surface area contributed by atoms with Crippen molar-refractivity contribution in [3.05, 3.63) is 96.3 Å². The highest BCUT2D eigenvalue weighted by Crippen LogP contribution is 2.31. The predicted octanol–water partition coefficient (Wildman–Crippen LogP) is 2.98. The van der Waals surface area contributed by atoms with Crippen LogP contribution in [0, 0.1) is 0 Å². The number of pyridine rings is 2. The highest BCUT2D eigenvalue weighted by Gasteiger charge is 2.38. The van der Waals surface area contributed by atoms with Gasteiger partial charge in [0.15, 0.2) is 0 Å². The Morgan fingerprint density at radius 1 is 0.574 bits per heavy atom. The number of rotatable bonds is 12. The van der Waals surface area contributed by atoms with E-state index in [4.69, 9.17) is 20.9 Å². The summed E-state index contributed by atoms with van der Waals surface area (Å²) in [5, 5.41) is 20.6. The van der Waals surface area contributed by atoms with E-state index in [0.717, 1.165) is 48.7 Å². The van der Waals surface area contributed by atoms with Gasteiger partial charge in [0.2, 0.25) is 20.0 Å². The zero-order valence-corrected chi connectivity index (χ0v) is 41.8. The van der Waals surface area contributed by atoms with Crippen LogP contribution in [-0.4, -0.2) is 171 Å². The summed E-state index contributed by atoms with van der Waals surface area (Å²) in [4.78, 5) is 17.6. The maximum absolute atomic E-state index is 13.4. The lowest BCUT2D eigenvalue weighted by Crippen LogP contribution is -2.60. The largest absolute Gasteiger partial charge is 0.386 e. The first kappa shape index (κ1) is 51.4. The van der Waals surface area contributed by atoms with Crippen molar-refractivity contribution in [1.82, 2.24) is 28.4 Å². The summed E-state index contributed by atoms with van der Waals surface area (Å²) in [7, 11) is -7.37. The molecule has 68 heavy (non-hydrogen) atoms. The second-order valence-corrected chi connectivity index (χ2v) is 23.2. The number of nitrogens with two attached hydrogens (primary N) is 2. The van der Waals surface area contributed by atoms with Gasteiger partial charge in [0.05, 0.1) is 49.7 Å². The normalized spacial score (nSPS) is 23.2. The molecule has 0 unspecified atom stereocenters. The fourth-order valence-corrected chi connectivity index (χ4v) is 12.0. The van der Waals surface area contributed by atoms with Crippen LogP contribution in [0.4, 0.5) is 23.0 Å². The molecule has 0 spiro atoms. The van der Waals surface area contributed by atoms with Crippen molar-refractivity contribution in [2.24, 2.45) is 0 Å². The first-order valence-electron chi connectivity index (χ1n) is 23.4. The molecule has 0 bridgehead atoms. The minimum atomic E-state index is -3.69. The van der Waals surface area contributed by atoms with Gasteiger partial charge in [0.1, 0.15) is 21.4 Å². The van der Waals surface area contributed by atoms with E-state index >= 15 is 0 Å². The van der Waals surface area contributed by atoms with Gasteiger partial charge in [-0.05, 0) is 101 Å². The summed E-state index contributed by atoms with van der Waals surface area (Å²) in [6.45, 7) is 19.7. The van der Waals surface area contributed by atoms with E-state index < -0.39 is 31.2 Å². The smallest absolute Gasteiger partial charge is 0.244 e. The van der Waals surface area contributed by atoms with E-state index in [1.165, 1.54) is 36.7 Å². The van der Waals surface area contributed by atoms with Crippen LogP contribution in [0.5, 0.6) is 0 Å². The Morgan fingerprint density at radius 3 is 1.25 bits per heavy atom. The highest BCUT2D eigenvalue weighted by molar-refractivity contribution is 7.89. The molecular weight excluding hydrogens is 909 g/mol. The number of ether oxygens (including phenoxy) is 2. The molecule has 4 aromatic rings. The Hall–Kier alpha value is -4.48. The van der Waals surface area contributed by atoms with E-state index in [1.54, 1.807) is 36.3 Å². The number of nitrogens with zero attached hydrogens (tertiary/aromatic N) is 8. The van der Waals surface area contributed by atoms with Crippen LogP contribution in [0.15, 0.2) is 95.0 Å². The number of benzene rings is 2. The lowest BCUT2D eigenvalue weighted by Gasteiger charge is -2.45. The maximum atomic E-state index is 13.4. The Bertz CT molecular complexity index is 2320. The summed E-state index contributed by atoms with van der Waals surface area (Å²) < 4.78 is 67.8. The average molecular weight is 979 g/mol. The molecule has 372 valence electrons. The third kappa shape index (κ3) is 12.3. The van der Waals surface area contributed by atoms with Crippen molar-refractivity contribution in [1.29, 1.82) is 0 Å². The third-order valence-corrected chi connectivity index (χ3v) is 17.1. The lowest BCUT2D eigenvalue weighted by molar-refractivity contribution is -0.00447. The molecule has 6 N–H and O–H groups in total. The van der Waals surface area contributed by atoms with Gasteiger partial charge in [-0.2, -0.15) is 8.61 Å². The minimum absolute atomic E-state index is 0.0428. The molecular formula is C48H70N10O8S2. The number of aromatic nitrogens is 2. The van der Waals surface area contributed by atoms with Crippen LogP contribution in [0.2, 0.25) is 0 Å². The number of morpholine rings is 2. The summed E-state index contributed by atoms with van der Waals surface area (Å²) in [6.07, 6.45) is 2.65. The summed E-state index contributed by atoms with van der Waals surface area (Å²) >= 11 is 0. The molecule has 18 nitrogen and oxygen atoms in total. The summed E-state index contributed by atoms with van der Waals surface area (Å²) in [5.41, 5.74) is 13.2. The van der Waals surface area contributed by atoms with Crippen molar-refractivity contribution in [2.45, 2.75) is 86.7 Å². The van der Waals surface area contributed by atoms with Crippen LogP contribution in [0.25, 0.3) is 0 Å². The molecule has 8 rings (SSSR count). The first-order valence-corrected chi connectivity index (χ1v) is 26.3. The molecule has 4 fully saturated rings. The fourth-order valence-electron chi connectivity index (χ4n) is 9.20. The Balaban J connectivity index is 0.000000201. The molecule has 4 aliphatic rings.